The molecular weight excluding hydrogens is 166 g/mol. The highest BCUT2D eigenvalue weighted by Gasteiger charge is 2.32. The van der Waals surface area contributed by atoms with Gasteiger partial charge in [0.2, 0.25) is 5.88 Å². The number of carbonyl (C=O) groups excluding carboxylic acids is 1. The molecule has 0 aliphatic heterocycles. The van der Waals surface area contributed by atoms with Crippen molar-refractivity contribution in [1.29, 1.82) is 0 Å². The first-order chi connectivity index (χ1) is 6.33. The summed E-state index contributed by atoms with van der Waals surface area (Å²) in [5, 5.41) is 0. The Balaban J connectivity index is 2.31. The molecule has 0 radical (unpaired) electrons. The third-order valence-electron chi connectivity index (χ3n) is 2.18. The molecule has 1 aromatic heterocycles. The van der Waals surface area contributed by atoms with Crippen LogP contribution < -0.4 is 4.74 Å². The fourth-order valence-electron chi connectivity index (χ4n) is 1.31. The average molecular weight is 177 g/mol. The van der Waals surface area contributed by atoms with Crippen LogP contribution in [0.2, 0.25) is 0 Å². The van der Waals surface area contributed by atoms with Gasteiger partial charge >= 0.3 is 0 Å². The SMILES string of the molecule is COc1ncccc1C(=O)C1CC1. The van der Waals surface area contributed by atoms with Crippen LogP contribution in [0.1, 0.15) is 23.2 Å². The van der Waals surface area contributed by atoms with Gasteiger partial charge in [0.25, 0.3) is 0 Å². The van der Waals surface area contributed by atoms with Gasteiger partial charge in [0.1, 0.15) is 0 Å². The van der Waals surface area contributed by atoms with Crippen LogP contribution in [0.15, 0.2) is 18.3 Å². The number of hydrogen-bond acceptors (Lipinski definition) is 3. The molecule has 0 spiro atoms. The van der Waals surface area contributed by atoms with E-state index in [1.54, 1.807) is 18.3 Å². The molecular formula is C10H11NO2. The molecule has 68 valence electrons. The van der Waals surface area contributed by atoms with Gasteiger partial charge in [0, 0.05) is 12.1 Å². The summed E-state index contributed by atoms with van der Waals surface area (Å²) in [5.41, 5.74) is 0.618. The Labute approximate surface area is 76.7 Å². The van der Waals surface area contributed by atoms with E-state index in [-0.39, 0.29) is 11.7 Å². The van der Waals surface area contributed by atoms with Crippen LogP contribution in [0.5, 0.6) is 5.88 Å². The molecule has 1 fully saturated rings. The van der Waals surface area contributed by atoms with E-state index < -0.39 is 0 Å². The van der Waals surface area contributed by atoms with Crippen LogP contribution in [0.3, 0.4) is 0 Å². The number of methoxy groups -OCH3 is 1. The zero-order valence-electron chi connectivity index (χ0n) is 7.49. The van der Waals surface area contributed by atoms with Crippen molar-refractivity contribution in [2.75, 3.05) is 7.11 Å². The predicted octanol–water partition coefficient (Wildman–Crippen LogP) is 1.68. The Kier molecular flexibility index (Phi) is 2.00. The number of ether oxygens (including phenoxy) is 1. The van der Waals surface area contributed by atoms with Gasteiger partial charge in [-0.2, -0.15) is 0 Å². The average Bonchev–Trinajstić information content (AvgIpc) is 3.00. The van der Waals surface area contributed by atoms with E-state index in [4.69, 9.17) is 4.74 Å². The van der Waals surface area contributed by atoms with Crippen LogP contribution in [-0.2, 0) is 0 Å². The van der Waals surface area contributed by atoms with E-state index in [0.29, 0.717) is 11.4 Å². The quantitative estimate of drug-likeness (QED) is 0.659. The fraction of sp³-hybridized carbons (Fsp3) is 0.400. The standard InChI is InChI=1S/C10H11NO2/c1-13-10-8(3-2-6-11-10)9(12)7-4-5-7/h2-3,6-7H,4-5H2,1H3. The topological polar surface area (TPSA) is 39.2 Å². The summed E-state index contributed by atoms with van der Waals surface area (Å²) < 4.78 is 5.01. The third kappa shape index (κ3) is 1.54. The molecule has 0 atom stereocenters. The molecule has 0 bridgehead atoms. The van der Waals surface area contributed by atoms with E-state index >= 15 is 0 Å². The number of nitrogens with zero attached hydrogens (tertiary/aromatic N) is 1. The maximum atomic E-state index is 11.7. The van der Waals surface area contributed by atoms with Gasteiger partial charge in [0.15, 0.2) is 5.78 Å². The largest absolute Gasteiger partial charge is 0.480 e. The van der Waals surface area contributed by atoms with E-state index in [2.05, 4.69) is 4.98 Å². The summed E-state index contributed by atoms with van der Waals surface area (Å²) in [4.78, 5) is 15.7. The zero-order valence-corrected chi connectivity index (χ0v) is 7.49. The lowest BCUT2D eigenvalue weighted by atomic mass is 10.1. The van der Waals surface area contributed by atoms with Crippen molar-refractivity contribution >= 4 is 5.78 Å². The van der Waals surface area contributed by atoms with Crippen molar-refractivity contribution in [1.82, 2.24) is 4.98 Å². The smallest absolute Gasteiger partial charge is 0.224 e. The zero-order chi connectivity index (χ0) is 9.26. The number of rotatable bonds is 3. The van der Waals surface area contributed by atoms with Gasteiger partial charge in [-0.15, -0.1) is 0 Å². The molecule has 1 saturated carbocycles. The van der Waals surface area contributed by atoms with Gasteiger partial charge in [-0.3, -0.25) is 4.79 Å². The maximum Gasteiger partial charge on any atom is 0.224 e. The maximum absolute atomic E-state index is 11.7. The second-order valence-corrected chi connectivity index (χ2v) is 3.20. The summed E-state index contributed by atoms with van der Waals surface area (Å²) >= 11 is 0. The molecule has 3 heteroatoms. The highest BCUT2D eigenvalue weighted by molar-refractivity contribution is 6.01. The lowest BCUT2D eigenvalue weighted by molar-refractivity contribution is 0.0964. The number of ketones is 1. The Morgan fingerprint density at radius 1 is 1.62 bits per heavy atom. The first kappa shape index (κ1) is 8.23. The second kappa shape index (κ2) is 3.17. The predicted molar refractivity (Wildman–Crippen MR) is 47.8 cm³/mol. The van der Waals surface area contributed by atoms with Crippen molar-refractivity contribution < 1.29 is 9.53 Å². The first-order valence-corrected chi connectivity index (χ1v) is 4.36. The molecule has 13 heavy (non-hydrogen) atoms. The van der Waals surface area contributed by atoms with E-state index in [0.717, 1.165) is 12.8 Å². The summed E-state index contributed by atoms with van der Waals surface area (Å²) in [5.74, 6) is 0.836. The molecule has 1 aliphatic rings. The first-order valence-electron chi connectivity index (χ1n) is 4.36. The van der Waals surface area contributed by atoms with Crippen LogP contribution >= 0.6 is 0 Å². The molecule has 1 heterocycles. The van der Waals surface area contributed by atoms with Crippen LogP contribution in [0.4, 0.5) is 0 Å². The Morgan fingerprint density at radius 2 is 2.38 bits per heavy atom. The minimum absolute atomic E-state index is 0.171. The normalized spacial score (nSPS) is 15.5. The monoisotopic (exact) mass is 177 g/mol. The minimum Gasteiger partial charge on any atom is -0.480 e. The van der Waals surface area contributed by atoms with Crippen molar-refractivity contribution in [2.45, 2.75) is 12.8 Å². The van der Waals surface area contributed by atoms with E-state index in [9.17, 15) is 4.79 Å². The number of Topliss-reactive ketones (excluding diaryl/α,β-unsaturated/α-hetero) is 1. The van der Waals surface area contributed by atoms with Crippen LogP contribution in [0.25, 0.3) is 0 Å². The van der Waals surface area contributed by atoms with Crippen LogP contribution in [0, 0.1) is 5.92 Å². The fourth-order valence-corrected chi connectivity index (χ4v) is 1.31. The van der Waals surface area contributed by atoms with Crippen molar-refractivity contribution in [3.8, 4) is 5.88 Å². The van der Waals surface area contributed by atoms with Crippen molar-refractivity contribution in [2.24, 2.45) is 5.92 Å². The molecule has 2 rings (SSSR count). The lowest BCUT2D eigenvalue weighted by Crippen LogP contribution is -2.04. The summed E-state index contributed by atoms with van der Waals surface area (Å²) in [7, 11) is 1.53. The van der Waals surface area contributed by atoms with Gasteiger partial charge < -0.3 is 4.74 Å². The van der Waals surface area contributed by atoms with E-state index in [1.807, 2.05) is 0 Å². The Morgan fingerprint density at radius 3 is 3.00 bits per heavy atom. The molecule has 0 saturated heterocycles. The molecule has 3 nitrogen and oxygen atoms in total. The molecule has 1 aliphatic carbocycles. The molecule has 0 aromatic carbocycles. The number of hydrogen-bond donors (Lipinski definition) is 0. The third-order valence-corrected chi connectivity index (χ3v) is 2.18. The van der Waals surface area contributed by atoms with E-state index in [1.165, 1.54) is 7.11 Å². The summed E-state index contributed by atoms with van der Waals surface area (Å²) in [6, 6.07) is 3.53. The highest BCUT2D eigenvalue weighted by atomic mass is 16.5. The van der Waals surface area contributed by atoms with Crippen molar-refractivity contribution in [3.63, 3.8) is 0 Å². The molecule has 0 unspecified atom stereocenters. The van der Waals surface area contributed by atoms with Crippen molar-refractivity contribution in [3.05, 3.63) is 23.9 Å². The van der Waals surface area contributed by atoms with Gasteiger partial charge in [0.05, 0.1) is 12.7 Å². The Hall–Kier alpha value is -1.38. The molecule has 0 N–H and O–H groups in total. The molecule has 0 amide bonds. The van der Waals surface area contributed by atoms with Gasteiger partial charge in [-0.25, -0.2) is 4.98 Å². The summed E-state index contributed by atoms with van der Waals surface area (Å²) in [6.45, 7) is 0. The number of carbonyl (C=O) groups is 1. The van der Waals surface area contributed by atoms with Gasteiger partial charge in [-0.05, 0) is 25.0 Å². The minimum atomic E-state index is 0.171. The second-order valence-electron chi connectivity index (χ2n) is 3.20. The summed E-state index contributed by atoms with van der Waals surface area (Å²) in [6.07, 6.45) is 3.65. The number of pyridine rings is 1. The molecule has 1 aromatic rings. The number of aromatic nitrogens is 1. The Bertz CT molecular complexity index is 331. The highest BCUT2D eigenvalue weighted by Crippen LogP contribution is 2.34. The van der Waals surface area contributed by atoms with Crippen LogP contribution in [-0.4, -0.2) is 17.9 Å². The van der Waals surface area contributed by atoms with Gasteiger partial charge in [-0.1, -0.05) is 0 Å². The lowest BCUT2D eigenvalue weighted by Gasteiger charge is -2.04.